The summed E-state index contributed by atoms with van der Waals surface area (Å²) in [4.78, 5) is 12.3. The van der Waals surface area contributed by atoms with Gasteiger partial charge in [-0.2, -0.15) is 8.78 Å². The highest BCUT2D eigenvalue weighted by Crippen LogP contribution is 2.29. The number of rotatable bonds is 5. The van der Waals surface area contributed by atoms with E-state index in [1.807, 2.05) is 0 Å². The summed E-state index contributed by atoms with van der Waals surface area (Å²) >= 11 is 0. The zero-order valence-electron chi connectivity index (χ0n) is 12.4. The van der Waals surface area contributed by atoms with E-state index in [2.05, 4.69) is 4.74 Å². The van der Waals surface area contributed by atoms with E-state index in [-0.39, 0.29) is 21.8 Å². The van der Waals surface area contributed by atoms with Gasteiger partial charge in [-0.3, -0.25) is 4.79 Å². The Bertz CT molecular complexity index is 831. The number of ketones is 1. The molecule has 0 saturated carbocycles. The number of benzene rings is 2. The maximum atomic E-state index is 12.6. The lowest BCUT2D eigenvalue weighted by Crippen LogP contribution is -2.13. The molecule has 2 aromatic rings. The van der Waals surface area contributed by atoms with Crippen LogP contribution >= 0.6 is 0 Å². The van der Waals surface area contributed by atoms with Crippen molar-refractivity contribution in [2.75, 3.05) is 6.26 Å². The third-order valence-corrected chi connectivity index (χ3v) is 4.28. The van der Waals surface area contributed by atoms with Crippen molar-refractivity contribution in [3.05, 3.63) is 59.2 Å². The van der Waals surface area contributed by atoms with Gasteiger partial charge in [-0.15, -0.1) is 0 Å². The number of aryl methyl sites for hydroxylation is 1. The SMILES string of the molecule is Cc1cc(OC(F)F)cc(S(C)(=O)=O)c1C(=O)c1ccccc1. The fraction of sp³-hybridized carbons (Fsp3) is 0.188. The summed E-state index contributed by atoms with van der Waals surface area (Å²) in [5, 5.41) is 0. The van der Waals surface area contributed by atoms with Gasteiger partial charge in [-0.25, -0.2) is 8.42 Å². The fourth-order valence-corrected chi connectivity index (χ4v) is 3.17. The molecule has 0 aliphatic rings. The van der Waals surface area contributed by atoms with Gasteiger partial charge >= 0.3 is 6.61 Å². The van der Waals surface area contributed by atoms with Crippen LogP contribution in [-0.2, 0) is 9.84 Å². The molecule has 0 aromatic heterocycles. The molecular weight excluding hydrogens is 326 g/mol. The smallest absolute Gasteiger partial charge is 0.387 e. The first-order chi connectivity index (χ1) is 10.7. The normalized spacial score (nSPS) is 11.5. The van der Waals surface area contributed by atoms with Gasteiger partial charge in [-0.05, 0) is 24.6 Å². The maximum absolute atomic E-state index is 12.6. The molecule has 0 radical (unpaired) electrons. The Morgan fingerprint density at radius 3 is 2.26 bits per heavy atom. The summed E-state index contributed by atoms with van der Waals surface area (Å²) < 4.78 is 53.0. The van der Waals surface area contributed by atoms with E-state index in [9.17, 15) is 22.0 Å². The first kappa shape index (κ1) is 17.1. The molecule has 0 spiro atoms. The number of sulfone groups is 1. The standard InChI is InChI=1S/C16H14F2O4S/c1-10-8-12(22-16(17)18)9-13(23(2,20)21)14(10)15(19)11-6-4-3-5-7-11/h3-9,16H,1-2H3. The van der Waals surface area contributed by atoms with Gasteiger partial charge in [0, 0.05) is 17.4 Å². The van der Waals surface area contributed by atoms with Crippen LogP contribution in [0.5, 0.6) is 5.75 Å². The number of hydrogen-bond acceptors (Lipinski definition) is 4. The first-order valence-corrected chi connectivity index (χ1v) is 8.48. The molecule has 0 fully saturated rings. The summed E-state index contributed by atoms with van der Waals surface area (Å²) in [6, 6.07) is 10.3. The van der Waals surface area contributed by atoms with Crippen LogP contribution in [0.15, 0.2) is 47.4 Å². The third-order valence-electron chi connectivity index (χ3n) is 3.16. The number of hydrogen-bond donors (Lipinski definition) is 0. The maximum Gasteiger partial charge on any atom is 0.387 e. The van der Waals surface area contributed by atoms with Crippen molar-refractivity contribution >= 4 is 15.6 Å². The van der Waals surface area contributed by atoms with Gasteiger partial charge in [0.2, 0.25) is 0 Å². The third kappa shape index (κ3) is 3.92. The van der Waals surface area contributed by atoms with Crippen LogP contribution in [0.25, 0.3) is 0 Å². The van der Waals surface area contributed by atoms with E-state index in [4.69, 9.17) is 0 Å². The predicted octanol–water partition coefficient (Wildman–Crippen LogP) is 3.23. The summed E-state index contributed by atoms with van der Waals surface area (Å²) in [6.45, 7) is -1.61. The van der Waals surface area contributed by atoms with Crippen LogP contribution in [0.2, 0.25) is 0 Å². The Morgan fingerprint density at radius 2 is 1.74 bits per heavy atom. The quantitative estimate of drug-likeness (QED) is 0.784. The van der Waals surface area contributed by atoms with Crippen LogP contribution in [0.4, 0.5) is 8.78 Å². The largest absolute Gasteiger partial charge is 0.435 e. The molecule has 0 atom stereocenters. The van der Waals surface area contributed by atoms with Gasteiger partial charge in [0.1, 0.15) is 5.75 Å². The Kier molecular flexibility index (Phi) is 4.79. The van der Waals surface area contributed by atoms with Gasteiger partial charge in [-0.1, -0.05) is 30.3 Å². The minimum atomic E-state index is -3.81. The Balaban J connectivity index is 2.65. The van der Waals surface area contributed by atoms with Crippen molar-refractivity contribution in [2.24, 2.45) is 0 Å². The molecule has 0 bridgehead atoms. The number of ether oxygens (including phenoxy) is 1. The molecule has 0 aliphatic carbocycles. The lowest BCUT2D eigenvalue weighted by molar-refractivity contribution is -0.0500. The molecule has 4 nitrogen and oxygen atoms in total. The lowest BCUT2D eigenvalue weighted by Gasteiger charge is -2.14. The second-order valence-electron chi connectivity index (χ2n) is 4.96. The molecule has 122 valence electrons. The number of alkyl halides is 2. The van der Waals surface area contributed by atoms with Crippen molar-refractivity contribution in [3.8, 4) is 5.75 Å². The zero-order valence-corrected chi connectivity index (χ0v) is 13.2. The topological polar surface area (TPSA) is 60.4 Å². The van der Waals surface area contributed by atoms with Crippen molar-refractivity contribution in [3.63, 3.8) is 0 Å². The highest BCUT2D eigenvalue weighted by atomic mass is 32.2. The van der Waals surface area contributed by atoms with Crippen LogP contribution in [0.1, 0.15) is 21.5 Å². The molecule has 23 heavy (non-hydrogen) atoms. The van der Waals surface area contributed by atoms with E-state index >= 15 is 0 Å². The minimum absolute atomic E-state index is 0.0414. The molecule has 0 heterocycles. The lowest BCUT2D eigenvalue weighted by atomic mass is 9.99. The van der Waals surface area contributed by atoms with Crippen molar-refractivity contribution in [2.45, 2.75) is 18.4 Å². The molecule has 0 amide bonds. The molecule has 0 N–H and O–H groups in total. The van der Waals surface area contributed by atoms with E-state index in [0.29, 0.717) is 5.56 Å². The van der Waals surface area contributed by atoms with Gasteiger partial charge < -0.3 is 4.74 Å². The van der Waals surface area contributed by atoms with Crippen molar-refractivity contribution in [1.82, 2.24) is 0 Å². The second-order valence-corrected chi connectivity index (χ2v) is 6.94. The molecule has 0 saturated heterocycles. The molecule has 0 unspecified atom stereocenters. The van der Waals surface area contributed by atoms with E-state index < -0.39 is 22.2 Å². The highest BCUT2D eigenvalue weighted by molar-refractivity contribution is 7.90. The van der Waals surface area contributed by atoms with Crippen LogP contribution in [-0.4, -0.2) is 27.1 Å². The van der Waals surface area contributed by atoms with Gasteiger partial charge in [0.25, 0.3) is 0 Å². The Labute approximate surface area is 132 Å². The van der Waals surface area contributed by atoms with Crippen LogP contribution in [0.3, 0.4) is 0 Å². The second kappa shape index (κ2) is 6.45. The minimum Gasteiger partial charge on any atom is -0.435 e. The zero-order chi connectivity index (χ0) is 17.2. The highest BCUT2D eigenvalue weighted by Gasteiger charge is 2.24. The monoisotopic (exact) mass is 340 g/mol. The summed E-state index contributed by atoms with van der Waals surface area (Å²) in [5.74, 6) is -0.797. The van der Waals surface area contributed by atoms with Crippen LogP contribution in [0, 0.1) is 6.92 Å². The van der Waals surface area contributed by atoms with Gasteiger partial charge in [0.05, 0.1) is 4.90 Å². The number of carbonyl (C=O) groups excluding carboxylic acids is 1. The van der Waals surface area contributed by atoms with E-state index in [1.54, 1.807) is 30.3 Å². The molecule has 2 rings (SSSR count). The first-order valence-electron chi connectivity index (χ1n) is 6.59. The number of carbonyl (C=O) groups is 1. The number of halogens is 2. The molecule has 7 heteroatoms. The van der Waals surface area contributed by atoms with Crippen LogP contribution < -0.4 is 4.74 Å². The molecule has 0 aliphatic heterocycles. The Hall–Kier alpha value is -2.28. The fourth-order valence-electron chi connectivity index (χ4n) is 2.21. The summed E-state index contributed by atoms with van der Waals surface area (Å²) in [7, 11) is -3.81. The average molecular weight is 340 g/mol. The molecule has 2 aromatic carbocycles. The van der Waals surface area contributed by atoms with E-state index in [0.717, 1.165) is 12.3 Å². The predicted molar refractivity (Wildman–Crippen MR) is 80.8 cm³/mol. The summed E-state index contributed by atoms with van der Waals surface area (Å²) in [6.07, 6.45) is 0.912. The molecular formula is C16H14F2O4S. The van der Waals surface area contributed by atoms with E-state index in [1.165, 1.54) is 13.0 Å². The average Bonchev–Trinajstić information content (AvgIpc) is 2.45. The summed E-state index contributed by atoms with van der Waals surface area (Å²) in [5.41, 5.74) is 0.515. The Morgan fingerprint density at radius 1 is 1.13 bits per heavy atom. The van der Waals surface area contributed by atoms with Crippen molar-refractivity contribution < 1.29 is 26.7 Å². The van der Waals surface area contributed by atoms with Crippen molar-refractivity contribution in [1.29, 1.82) is 0 Å². The van der Waals surface area contributed by atoms with Gasteiger partial charge in [0.15, 0.2) is 15.6 Å².